The number of anilines is 2. The van der Waals surface area contributed by atoms with E-state index in [1.807, 2.05) is 26.0 Å². The highest BCUT2D eigenvalue weighted by molar-refractivity contribution is 6.36. The largest absolute Gasteiger partial charge is 0.324 e. The molecule has 8 heteroatoms. The summed E-state index contributed by atoms with van der Waals surface area (Å²) < 4.78 is 0. The molecule has 3 fully saturated rings. The first kappa shape index (κ1) is 20.2. The van der Waals surface area contributed by atoms with Crippen LogP contribution in [0.2, 0.25) is 10.0 Å². The first-order chi connectivity index (χ1) is 15.2. The number of carbonyl (C=O) groups excluding carboxylic acids is 3. The van der Waals surface area contributed by atoms with Crippen LogP contribution >= 0.6 is 23.2 Å². The maximum absolute atomic E-state index is 14.0. The Bertz CT molecular complexity index is 1220. The van der Waals surface area contributed by atoms with Crippen molar-refractivity contribution >= 4 is 52.3 Å². The fraction of sp³-hybridized carbons (Fsp3) is 0.375. The number of benzene rings is 2. The van der Waals surface area contributed by atoms with E-state index in [9.17, 15) is 14.4 Å². The minimum absolute atomic E-state index is 0.159. The summed E-state index contributed by atoms with van der Waals surface area (Å²) in [5.74, 6) is -2.24. The lowest BCUT2D eigenvalue weighted by molar-refractivity contribution is -0.135. The molecule has 3 saturated heterocycles. The monoisotopic (exact) mass is 469 g/mol. The Kier molecular flexibility index (Phi) is 4.15. The zero-order chi connectivity index (χ0) is 22.5. The average Bonchev–Trinajstić information content (AvgIpc) is 3.40. The van der Waals surface area contributed by atoms with Gasteiger partial charge in [-0.15, -0.1) is 0 Å². The van der Waals surface area contributed by atoms with E-state index >= 15 is 0 Å². The molecule has 164 valence electrons. The summed E-state index contributed by atoms with van der Waals surface area (Å²) >= 11 is 12.3. The highest BCUT2D eigenvalue weighted by atomic mass is 35.5. The van der Waals surface area contributed by atoms with E-state index in [2.05, 4.69) is 10.2 Å². The van der Waals surface area contributed by atoms with Crippen LogP contribution in [0.4, 0.5) is 11.4 Å². The van der Waals surface area contributed by atoms with Crippen molar-refractivity contribution in [2.24, 2.45) is 11.8 Å². The molecule has 6 rings (SSSR count). The molecule has 4 aliphatic heterocycles. The van der Waals surface area contributed by atoms with Gasteiger partial charge in [0.1, 0.15) is 5.54 Å². The van der Waals surface area contributed by atoms with Gasteiger partial charge in [0.15, 0.2) is 0 Å². The molecule has 1 spiro atoms. The highest BCUT2D eigenvalue weighted by Gasteiger charge is 2.74. The number of halogens is 2. The van der Waals surface area contributed by atoms with Gasteiger partial charge in [-0.25, -0.2) is 4.90 Å². The van der Waals surface area contributed by atoms with Gasteiger partial charge >= 0.3 is 0 Å². The van der Waals surface area contributed by atoms with Crippen LogP contribution in [0.5, 0.6) is 0 Å². The predicted octanol–water partition coefficient (Wildman–Crippen LogP) is 4.04. The second-order valence-corrected chi connectivity index (χ2v) is 10.1. The zero-order valence-corrected chi connectivity index (χ0v) is 19.1. The third-order valence-corrected chi connectivity index (χ3v) is 7.99. The molecule has 4 atom stereocenters. The van der Waals surface area contributed by atoms with Crippen molar-refractivity contribution in [3.63, 3.8) is 0 Å². The number of imide groups is 1. The summed E-state index contributed by atoms with van der Waals surface area (Å²) in [4.78, 5) is 44.7. The molecule has 1 N–H and O–H groups in total. The number of nitrogens with one attached hydrogen (secondary N) is 1. The number of amides is 3. The van der Waals surface area contributed by atoms with Crippen molar-refractivity contribution in [1.82, 2.24) is 4.90 Å². The van der Waals surface area contributed by atoms with Gasteiger partial charge in [-0.3, -0.25) is 19.3 Å². The molecular weight excluding hydrogens is 449 g/mol. The van der Waals surface area contributed by atoms with Crippen LogP contribution in [0.3, 0.4) is 0 Å². The van der Waals surface area contributed by atoms with E-state index in [1.54, 1.807) is 18.2 Å². The Morgan fingerprint density at radius 2 is 1.72 bits per heavy atom. The molecular formula is C24H21Cl2N3O3. The predicted molar refractivity (Wildman–Crippen MR) is 122 cm³/mol. The number of rotatable bonds is 1. The van der Waals surface area contributed by atoms with Crippen LogP contribution < -0.4 is 10.2 Å². The number of fused-ring (bicyclic) bond motifs is 7. The molecule has 0 saturated carbocycles. The molecule has 3 amide bonds. The molecule has 0 radical (unpaired) electrons. The van der Waals surface area contributed by atoms with Crippen LogP contribution in [0.1, 0.15) is 29.5 Å². The van der Waals surface area contributed by atoms with Crippen molar-refractivity contribution < 1.29 is 14.4 Å². The van der Waals surface area contributed by atoms with E-state index in [1.165, 1.54) is 4.90 Å². The Balaban J connectivity index is 1.58. The second-order valence-electron chi connectivity index (χ2n) is 9.27. The number of carbonyl (C=O) groups is 3. The number of hydrogen-bond donors (Lipinski definition) is 1. The quantitative estimate of drug-likeness (QED) is 0.639. The van der Waals surface area contributed by atoms with Crippen LogP contribution in [-0.4, -0.2) is 35.2 Å². The first-order valence-electron chi connectivity index (χ1n) is 10.8. The second kappa shape index (κ2) is 6.56. The van der Waals surface area contributed by atoms with Crippen molar-refractivity contribution in [3.8, 4) is 0 Å². The molecule has 4 aliphatic rings. The fourth-order valence-electron chi connectivity index (χ4n) is 6.58. The third-order valence-electron chi connectivity index (χ3n) is 7.55. The zero-order valence-electron chi connectivity index (χ0n) is 17.6. The lowest BCUT2D eigenvalue weighted by Gasteiger charge is -2.36. The normalized spacial score (nSPS) is 30.8. The molecule has 32 heavy (non-hydrogen) atoms. The average molecular weight is 470 g/mol. The molecule has 2 aromatic carbocycles. The summed E-state index contributed by atoms with van der Waals surface area (Å²) in [6.45, 7) is 4.63. The molecule has 6 nitrogen and oxygen atoms in total. The van der Waals surface area contributed by atoms with Gasteiger partial charge in [0.05, 0.1) is 17.5 Å². The maximum Gasteiger partial charge on any atom is 0.250 e. The highest BCUT2D eigenvalue weighted by Crippen LogP contribution is 2.61. The van der Waals surface area contributed by atoms with Crippen LogP contribution in [0, 0.1) is 25.7 Å². The Morgan fingerprint density at radius 3 is 2.44 bits per heavy atom. The summed E-state index contributed by atoms with van der Waals surface area (Å²) in [6.07, 6.45) is 1.66. The van der Waals surface area contributed by atoms with Crippen molar-refractivity contribution in [2.45, 2.75) is 38.3 Å². The standard InChI is InChI=1S/C24H21Cl2N3O3/c1-11-6-12(2)20-16(7-11)24(23(32)27-20)19-18(17-4-3-5-28(17)24)21(30)29(22(19)31)15-9-13(25)8-14(26)10-15/h6-10,17-19H,3-5H2,1-2H3,(H,27,32)/t17-,18-,19-,24+/m0/s1. The van der Waals surface area contributed by atoms with Crippen molar-refractivity contribution in [2.75, 3.05) is 16.8 Å². The van der Waals surface area contributed by atoms with Gasteiger partial charge in [-0.05, 0) is 57.0 Å². The minimum Gasteiger partial charge on any atom is -0.324 e. The lowest BCUT2D eigenvalue weighted by Crippen LogP contribution is -2.54. The van der Waals surface area contributed by atoms with Crippen molar-refractivity contribution in [1.29, 1.82) is 0 Å². The van der Waals surface area contributed by atoms with Crippen LogP contribution in [0.15, 0.2) is 30.3 Å². The van der Waals surface area contributed by atoms with Gasteiger partial charge in [0, 0.05) is 27.3 Å². The SMILES string of the molecule is Cc1cc(C)c2c(c1)[C@]1(C(=O)N2)[C@@H]2C(=O)N(c3cc(Cl)cc(Cl)c3)C(=O)[C@H]2[C@@H]2CCCN21. The molecule has 4 heterocycles. The Hall–Kier alpha value is -2.41. The maximum atomic E-state index is 14.0. The van der Waals surface area contributed by atoms with Gasteiger partial charge in [-0.1, -0.05) is 40.9 Å². The summed E-state index contributed by atoms with van der Waals surface area (Å²) in [5.41, 5.74) is 2.72. The van der Waals surface area contributed by atoms with Crippen molar-refractivity contribution in [3.05, 3.63) is 57.1 Å². The van der Waals surface area contributed by atoms with Gasteiger partial charge in [0.2, 0.25) is 17.7 Å². The van der Waals surface area contributed by atoms with Gasteiger partial charge < -0.3 is 5.32 Å². The molecule has 0 unspecified atom stereocenters. The number of aryl methyl sites for hydroxylation is 2. The Labute approximate surface area is 195 Å². The molecule has 2 aromatic rings. The minimum atomic E-state index is -1.18. The molecule has 0 aromatic heterocycles. The summed E-state index contributed by atoms with van der Waals surface area (Å²) in [6, 6.07) is 8.56. The van der Waals surface area contributed by atoms with Crippen LogP contribution in [0.25, 0.3) is 0 Å². The van der Waals surface area contributed by atoms with E-state index < -0.39 is 17.4 Å². The summed E-state index contributed by atoms with van der Waals surface area (Å²) in [7, 11) is 0. The topological polar surface area (TPSA) is 69.7 Å². The van der Waals surface area contributed by atoms with Crippen LogP contribution in [-0.2, 0) is 19.9 Å². The third kappa shape index (κ3) is 2.33. The van der Waals surface area contributed by atoms with Gasteiger partial charge in [0.25, 0.3) is 0 Å². The number of hydrogen-bond acceptors (Lipinski definition) is 4. The Morgan fingerprint density at radius 1 is 1.00 bits per heavy atom. The van der Waals surface area contributed by atoms with E-state index in [4.69, 9.17) is 23.2 Å². The van der Waals surface area contributed by atoms with E-state index in [0.29, 0.717) is 22.3 Å². The molecule has 0 aliphatic carbocycles. The van der Waals surface area contributed by atoms with E-state index in [0.717, 1.165) is 35.2 Å². The van der Waals surface area contributed by atoms with E-state index in [-0.39, 0.29) is 23.8 Å². The first-order valence-corrected chi connectivity index (χ1v) is 11.5. The smallest absolute Gasteiger partial charge is 0.250 e. The molecule has 0 bridgehead atoms. The number of nitrogens with zero attached hydrogens (tertiary/aromatic N) is 2. The lowest BCUT2D eigenvalue weighted by atomic mass is 9.75. The fourth-order valence-corrected chi connectivity index (χ4v) is 7.10. The van der Waals surface area contributed by atoms with Gasteiger partial charge in [-0.2, -0.15) is 0 Å². The summed E-state index contributed by atoms with van der Waals surface area (Å²) in [5, 5.41) is 3.74.